The Morgan fingerprint density at radius 2 is 1.92 bits per heavy atom. The number of aliphatic hydroxyl groups is 1. The molecule has 2 nitrogen and oxygen atoms in total. The Morgan fingerprint density at radius 3 is 2.15 bits per heavy atom. The summed E-state index contributed by atoms with van der Waals surface area (Å²) in [6.45, 7) is 7.06. The summed E-state index contributed by atoms with van der Waals surface area (Å²) in [6, 6.07) is 0. The van der Waals surface area contributed by atoms with E-state index in [-0.39, 0.29) is 10.8 Å². The normalized spacial score (nSPS) is 41.3. The Balaban J connectivity index is 2.23. The molecular formula is C11H21NO. The summed E-state index contributed by atoms with van der Waals surface area (Å²) in [5.41, 5.74) is 5.56. The third kappa shape index (κ3) is 1.02. The van der Waals surface area contributed by atoms with Gasteiger partial charge < -0.3 is 10.8 Å². The second-order valence-corrected chi connectivity index (χ2v) is 5.77. The summed E-state index contributed by atoms with van der Waals surface area (Å²) in [5.74, 6) is 0.512. The lowest BCUT2D eigenvalue weighted by molar-refractivity contribution is -0.0479. The molecule has 13 heavy (non-hydrogen) atoms. The molecule has 3 N–H and O–H groups in total. The highest BCUT2D eigenvalue weighted by Gasteiger charge is 2.71. The predicted molar refractivity (Wildman–Crippen MR) is 53.2 cm³/mol. The smallest absolute Gasteiger partial charge is 0.0721 e. The van der Waals surface area contributed by atoms with Crippen molar-refractivity contribution in [1.82, 2.24) is 0 Å². The van der Waals surface area contributed by atoms with Gasteiger partial charge in [0, 0.05) is 12.0 Å². The first-order chi connectivity index (χ1) is 5.87. The van der Waals surface area contributed by atoms with Crippen LogP contribution in [0.5, 0.6) is 0 Å². The standard InChI is InChI=1S/C11H21NO/c1-9(2)6-11(9,7-12)10(3,13)8-4-5-8/h8,13H,4-7,12H2,1-3H3. The Kier molecular flexibility index (Phi) is 1.67. The quantitative estimate of drug-likeness (QED) is 0.697. The van der Waals surface area contributed by atoms with E-state index >= 15 is 0 Å². The van der Waals surface area contributed by atoms with E-state index in [0.717, 1.165) is 6.42 Å². The molecule has 2 atom stereocenters. The lowest BCUT2D eigenvalue weighted by Crippen LogP contribution is -2.45. The van der Waals surface area contributed by atoms with Crippen LogP contribution >= 0.6 is 0 Å². The van der Waals surface area contributed by atoms with Gasteiger partial charge in [-0.15, -0.1) is 0 Å². The monoisotopic (exact) mass is 183 g/mol. The molecule has 0 aromatic carbocycles. The lowest BCUT2D eigenvalue weighted by Gasteiger charge is -2.36. The van der Waals surface area contributed by atoms with Crippen molar-refractivity contribution in [3.05, 3.63) is 0 Å². The van der Waals surface area contributed by atoms with Crippen LogP contribution in [-0.2, 0) is 0 Å². The zero-order valence-corrected chi connectivity index (χ0v) is 8.93. The van der Waals surface area contributed by atoms with Gasteiger partial charge >= 0.3 is 0 Å². The van der Waals surface area contributed by atoms with Crippen LogP contribution in [0.15, 0.2) is 0 Å². The molecule has 0 bridgehead atoms. The second-order valence-electron chi connectivity index (χ2n) is 5.77. The van der Waals surface area contributed by atoms with Crippen LogP contribution in [0.1, 0.15) is 40.0 Å². The van der Waals surface area contributed by atoms with Crippen LogP contribution in [-0.4, -0.2) is 17.3 Å². The first-order valence-corrected chi connectivity index (χ1v) is 5.30. The highest BCUT2D eigenvalue weighted by Crippen LogP contribution is 2.71. The summed E-state index contributed by atoms with van der Waals surface area (Å²) in [6.07, 6.45) is 3.45. The van der Waals surface area contributed by atoms with Gasteiger partial charge in [0.25, 0.3) is 0 Å². The molecule has 2 aliphatic carbocycles. The molecule has 0 amide bonds. The first kappa shape index (κ1) is 9.47. The van der Waals surface area contributed by atoms with E-state index < -0.39 is 5.60 Å². The summed E-state index contributed by atoms with van der Waals surface area (Å²) in [5, 5.41) is 10.5. The topological polar surface area (TPSA) is 46.2 Å². The van der Waals surface area contributed by atoms with Crippen molar-refractivity contribution in [3.8, 4) is 0 Å². The van der Waals surface area contributed by atoms with Crippen LogP contribution in [0.4, 0.5) is 0 Å². The maximum absolute atomic E-state index is 10.5. The van der Waals surface area contributed by atoms with Gasteiger partial charge in [0.2, 0.25) is 0 Å². The van der Waals surface area contributed by atoms with Crippen molar-refractivity contribution in [2.75, 3.05) is 6.54 Å². The van der Waals surface area contributed by atoms with Crippen LogP contribution in [0.2, 0.25) is 0 Å². The van der Waals surface area contributed by atoms with Gasteiger partial charge in [0.05, 0.1) is 5.60 Å². The molecule has 76 valence electrons. The van der Waals surface area contributed by atoms with E-state index in [1.165, 1.54) is 12.8 Å². The highest BCUT2D eigenvalue weighted by atomic mass is 16.3. The van der Waals surface area contributed by atoms with E-state index in [1.54, 1.807) is 0 Å². The minimum absolute atomic E-state index is 0.00116. The lowest BCUT2D eigenvalue weighted by atomic mass is 9.76. The molecule has 2 aliphatic rings. The molecule has 0 heterocycles. The average molecular weight is 183 g/mol. The van der Waals surface area contributed by atoms with E-state index in [2.05, 4.69) is 13.8 Å². The average Bonchev–Trinajstić information content (AvgIpc) is 2.82. The zero-order chi connectivity index (χ0) is 9.91. The molecule has 0 aromatic heterocycles. The Labute approximate surface area is 80.5 Å². The number of hydrogen-bond donors (Lipinski definition) is 2. The molecule has 0 saturated heterocycles. The summed E-state index contributed by atoms with van der Waals surface area (Å²) in [7, 11) is 0. The summed E-state index contributed by atoms with van der Waals surface area (Å²) < 4.78 is 0. The maximum atomic E-state index is 10.5. The number of hydrogen-bond acceptors (Lipinski definition) is 2. The van der Waals surface area contributed by atoms with Gasteiger partial charge in [-0.3, -0.25) is 0 Å². The third-order valence-corrected chi connectivity index (χ3v) is 4.60. The molecular weight excluding hydrogens is 162 g/mol. The minimum atomic E-state index is -0.523. The maximum Gasteiger partial charge on any atom is 0.0721 e. The Morgan fingerprint density at radius 1 is 1.46 bits per heavy atom. The highest BCUT2D eigenvalue weighted by molar-refractivity contribution is 5.21. The minimum Gasteiger partial charge on any atom is -0.389 e. The molecule has 0 spiro atoms. The molecule has 2 fully saturated rings. The van der Waals surface area contributed by atoms with Crippen LogP contribution in [0, 0.1) is 16.7 Å². The fourth-order valence-electron chi connectivity index (χ4n) is 3.17. The van der Waals surface area contributed by atoms with Gasteiger partial charge in [-0.2, -0.15) is 0 Å². The Hall–Kier alpha value is -0.0800. The summed E-state index contributed by atoms with van der Waals surface area (Å²) in [4.78, 5) is 0. The van der Waals surface area contributed by atoms with Gasteiger partial charge in [0.1, 0.15) is 0 Å². The molecule has 0 radical (unpaired) electrons. The Bertz CT molecular complexity index is 230. The molecule has 0 aromatic rings. The van der Waals surface area contributed by atoms with Crippen LogP contribution in [0.3, 0.4) is 0 Å². The molecule has 2 unspecified atom stereocenters. The van der Waals surface area contributed by atoms with Crippen molar-refractivity contribution in [1.29, 1.82) is 0 Å². The molecule has 0 aliphatic heterocycles. The van der Waals surface area contributed by atoms with Crippen LogP contribution in [0.25, 0.3) is 0 Å². The number of rotatable bonds is 3. The van der Waals surface area contributed by atoms with Crippen molar-refractivity contribution in [2.24, 2.45) is 22.5 Å². The third-order valence-electron chi connectivity index (χ3n) is 4.60. The van der Waals surface area contributed by atoms with Crippen molar-refractivity contribution < 1.29 is 5.11 Å². The molecule has 2 heteroatoms. The SMILES string of the molecule is CC1(C)CC1(CN)C(C)(O)C1CC1. The van der Waals surface area contributed by atoms with Gasteiger partial charge in [-0.25, -0.2) is 0 Å². The largest absolute Gasteiger partial charge is 0.389 e. The predicted octanol–water partition coefficient (Wildman–Crippen LogP) is 1.52. The van der Waals surface area contributed by atoms with Crippen molar-refractivity contribution >= 4 is 0 Å². The molecule has 2 rings (SSSR count). The van der Waals surface area contributed by atoms with E-state index in [9.17, 15) is 5.11 Å². The first-order valence-electron chi connectivity index (χ1n) is 5.30. The zero-order valence-electron chi connectivity index (χ0n) is 8.93. The number of nitrogens with two attached hydrogens (primary N) is 1. The summed E-state index contributed by atoms with van der Waals surface area (Å²) >= 11 is 0. The fraction of sp³-hybridized carbons (Fsp3) is 1.00. The van der Waals surface area contributed by atoms with Crippen molar-refractivity contribution in [3.63, 3.8) is 0 Å². The van der Waals surface area contributed by atoms with Gasteiger partial charge in [-0.05, 0) is 37.5 Å². The van der Waals surface area contributed by atoms with Crippen molar-refractivity contribution in [2.45, 2.75) is 45.6 Å². The van der Waals surface area contributed by atoms with Gasteiger partial charge in [-0.1, -0.05) is 13.8 Å². The van der Waals surface area contributed by atoms with E-state index in [0.29, 0.717) is 12.5 Å². The second kappa shape index (κ2) is 2.29. The van der Waals surface area contributed by atoms with E-state index in [1.807, 2.05) is 6.92 Å². The fourth-order valence-corrected chi connectivity index (χ4v) is 3.17. The van der Waals surface area contributed by atoms with Crippen LogP contribution < -0.4 is 5.73 Å². The van der Waals surface area contributed by atoms with Gasteiger partial charge in [0.15, 0.2) is 0 Å². The van der Waals surface area contributed by atoms with E-state index in [4.69, 9.17) is 5.73 Å². The molecule has 2 saturated carbocycles.